The first kappa shape index (κ1) is 11.7. The molecule has 0 atom stereocenters. The number of hydrogen-bond acceptors (Lipinski definition) is 1. The lowest BCUT2D eigenvalue weighted by molar-refractivity contribution is 0.650. The van der Waals surface area contributed by atoms with Gasteiger partial charge in [0.1, 0.15) is 0 Å². The molecule has 0 spiro atoms. The molecule has 0 aliphatic carbocycles. The monoisotopic (exact) mass is 254 g/mol. The lowest BCUT2D eigenvalue weighted by atomic mass is 10.0. The fraction of sp³-hybridized carbons (Fsp3) is 0.294. The first-order valence-corrected chi connectivity index (χ1v) is 7.38. The maximum atomic E-state index is 2.29. The van der Waals surface area contributed by atoms with Crippen LogP contribution in [0.4, 0.5) is 0 Å². The molecule has 0 saturated heterocycles. The van der Waals surface area contributed by atoms with Crippen molar-refractivity contribution in [3.05, 3.63) is 47.5 Å². The van der Waals surface area contributed by atoms with Gasteiger partial charge in [-0.2, -0.15) is 0 Å². The predicted molar refractivity (Wildman–Crippen MR) is 82.6 cm³/mol. The van der Waals surface area contributed by atoms with Gasteiger partial charge in [0.05, 0.1) is 0 Å². The highest BCUT2D eigenvalue weighted by Gasteiger charge is 2.10. The largest absolute Gasteiger partial charge is 0.135 e. The molecule has 1 aromatic heterocycles. The van der Waals surface area contributed by atoms with Crippen LogP contribution in [-0.2, 0) is 6.42 Å². The summed E-state index contributed by atoms with van der Waals surface area (Å²) in [6.45, 7) is 6.79. The minimum atomic E-state index is 0.710. The van der Waals surface area contributed by atoms with Gasteiger partial charge in [0, 0.05) is 20.2 Å². The van der Waals surface area contributed by atoms with Crippen molar-refractivity contribution in [1.82, 2.24) is 0 Å². The molecule has 0 unspecified atom stereocenters. The van der Waals surface area contributed by atoms with E-state index in [0.717, 1.165) is 0 Å². The maximum Gasteiger partial charge on any atom is 0.0387 e. The van der Waals surface area contributed by atoms with Crippen LogP contribution in [0.3, 0.4) is 0 Å². The van der Waals surface area contributed by atoms with Crippen LogP contribution in [0.1, 0.15) is 25.0 Å². The van der Waals surface area contributed by atoms with Crippen molar-refractivity contribution in [2.75, 3.05) is 0 Å². The summed E-state index contributed by atoms with van der Waals surface area (Å²) in [5.41, 5.74) is 2.90. The molecule has 0 saturated carbocycles. The van der Waals surface area contributed by atoms with Crippen molar-refractivity contribution in [2.45, 2.75) is 27.2 Å². The summed E-state index contributed by atoms with van der Waals surface area (Å²) in [7, 11) is 0. The third kappa shape index (κ3) is 1.83. The highest BCUT2D eigenvalue weighted by atomic mass is 32.1. The van der Waals surface area contributed by atoms with Gasteiger partial charge in [0.2, 0.25) is 0 Å². The summed E-state index contributed by atoms with van der Waals surface area (Å²) in [5, 5.41) is 2.84. The van der Waals surface area contributed by atoms with E-state index in [-0.39, 0.29) is 0 Å². The SMILES string of the molecule is Cc1cccc2c1sc1c(CC(C)C)cccc12. The standard InChI is InChI=1S/C17H18S/c1-11(2)10-13-7-5-9-15-14-8-4-6-12(3)16(14)18-17(13)15/h4-9,11H,10H2,1-3H3. The van der Waals surface area contributed by atoms with Gasteiger partial charge in [-0.1, -0.05) is 50.2 Å². The normalized spacial score (nSPS) is 11.8. The summed E-state index contributed by atoms with van der Waals surface area (Å²) in [6.07, 6.45) is 1.17. The Morgan fingerprint density at radius 1 is 0.944 bits per heavy atom. The lowest BCUT2D eigenvalue weighted by Gasteiger charge is -2.05. The molecule has 0 amide bonds. The second kappa shape index (κ2) is 4.40. The van der Waals surface area contributed by atoms with Crippen molar-refractivity contribution in [2.24, 2.45) is 5.92 Å². The minimum absolute atomic E-state index is 0.710. The smallest absolute Gasteiger partial charge is 0.0387 e. The first-order valence-electron chi connectivity index (χ1n) is 6.56. The van der Waals surface area contributed by atoms with Gasteiger partial charge in [0.25, 0.3) is 0 Å². The van der Waals surface area contributed by atoms with Crippen molar-refractivity contribution < 1.29 is 0 Å². The van der Waals surface area contributed by atoms with E-state index >= 15 is 0 Å². The molecule has 92 valence electrons. The third-order valence-electron chi connectivity index (χ3n) is 3.43. The second-order valence-electron chi connectivity index (χ2n) is 5.45. The Kier molecular flexibility index (Phi) is 2.87. The molecule has 1 heteroatoms. The molecule has 0 nitrogen and oxygen atoms in total. The Labute approximate surface area is 112 Å². The highest BCUT2D eigenvalue weighted by Crippen LogP contribution is 2.37. The molecule has 3 rings (SSSR count). The van der Waals surface area contributed by atoms with Crippen LogP contribution in [0, 0.1) is 12.8 Å². The highest BCUT2D eigenvalue weighted by molar-refractivity contribution is 7.26. The van der Waals surface area contributed by atoms with Crippen molar-refractivity contribution in [1.29, 1.82) is 0 Å². The third-order valence-corrected chi connectivity index (χ3v) is 4.86. The van der Waals surface area contributed by atoms with E-state index in [1.165, 1.54) is 37.7 Å². The topological polar surface area (TPSA) is 0 Å². The maximum absolute atomic E-state index is 2.29. The predicted octanol–water partition coefficient (Wildman–Crippen LogP) is 5.56. The molecule has 0 bridgehead atoms. The molecular weight excluding hydrogens is 236 g/mol. The van der Waals surface area contributed by atoms with Crippen LogP contribution in [0.15, 0.2) is 36.4 Å². The molecule has 0 N–H and O–H groups in total. The number of benzene rings is 2. The van der Waals surface area contributed by atoms with Gasteiger partial charge in [-0.15, -0.1) is 11.3 Å². The van der Waals surface area contributed by atoms with Crippen LogP contribution in [0.2, 0.25) is 0 Å². The van der Waals surface area contributed by atoms with Crippen LogP contribution >= 0.6 is 11.3 Å². The first-order chi connectivity index (χ1) is 8.66. The van der Waals surface area contributed by atoms with Crippen LogP contribution < -0.4 is 0 Å². The molecule has 0 fully saturated rings. The van der Waals surface area contributed by atoms with E-state index in [9.17, 15) is 0 Å². The van der Waals surface area contributed by atoms with Crippen LogP contribution in [0.5, 0.6) is 0 Å². The molecule has 18 heavy (non-hydrogen) atoms. The zero-order valence-corrected chi connectivity index (χ0v) is 12.0. The molecule has 2 aromatic carbocycles. The summed E-state index contributed by atoms with van der Waals surface area (Å²) in [4.78, 5) is 0. The Bertz CT molecular complexity index is 704. The van der Waals surface area contributed by atoms with E-state index in [0.29, 0.717) is 5.92 Å². The van der Waals surface area contributed by atoms with Gasteiger partial charge in [-0.3, -0.25) is 0 Å². The van der Waals surface area contributed by atoms with Crippen molar-refractivity contribution in [3.63, 3.8) is 0 Å². The summed E-state index contributed by atoms with van der Waals surface area (Å²) in [6, 6.07) is 13.4. The quantitative estimate of drug-likeness (QED) is 0.561. The van der Waals surface area contributed by atoms with Gasteiger partial charge < -0.3 is 0 Å². The van der Waals surface area contributed by atoms with Crippen LogP contribution in [-0.4, -0.2) is 0 Å². The number of fused-ring (bicyclic) bond motifs is 3. The van der Waals surface area contributed by atoms with E-state index in [4.69, 9.17) is 0 Å². The molecule has 3 aromatic rings. The number of aryl methyl sites for hydroxylation is 1. The summed E-state index contributed by atoms with van der Waals surface area (Å²) < 4.78 is 2.93. The van der Waals surface area contributed by atoms with Gasteiger partial charge >= 0.3 is 0 Å². The number of hydrogen-bond donors (Lipinski definition) is 0. The number of rotatable bonds is 2. The summed E-state index contributed by atoms with van der Waals surface area (Å²) in [5.74, 6) is 0.710. The zero-order chi connectivity index (χ0) is 12.7. The Morgan fingerprint density at radius 3 is 2.33 bits per heavy atom. The van der Waals surface area contributed by atoms with E-state index in [2.05, 4.69) is 57.2 Å². The molecule has 1 heterocycles. The van der Waals surface area contributed by atoms with Gasteiger partial charge in [0.15, 0.2) is 0 Å². The van der Waals surface area contributed by atoms with E-state index < -0.39 is 0 Å². The lowest BCUT2D eigenvalue weighted by Crippen LogP contribution is -1.93. The van der Waals surface area contributed by atoms with E-state index in [1.54, 1.807) is 0 Å². The van der Waals surface area contributed by atoms with Crippen molar-refractivity contribution in [3.8, 4) is 0 Å². The second-order valence-corrected chi connectivity index (χ2v) is 6.47. The van der Waals surface area contributed by atoms with E-state index in [1.807, 2.05) is 11.3 Å². The van der Waals surface area contributed by atoms with Gasteiger partial charge in [-0.05, 0) is 30.4 Å². The van der Waals surface area contributed by atoms with Crippen molar-refractivity contribution >= 4 is 31.5 Å². The Morgan fingerprint density at radius 2 is 1.61 bits per heavy atom. The molecule has 0 radical (unpaired) electrons. The fourth-order valence-electron chi connectivity index (χ4n) is 2.62. The minimum Gasteiger partial charge on any atom is -0.135 e. The Balaban J connectivity index is 2.35. The van der Waals surface area contributed by atoms with Gasteiger partial charge in [-0.25, -0.2) is 0 Å². The molecular formula is C17H18S. The average Bonchev–Trinajstić information content (AvgIpc) is 2.70. The summed E-state index contributed by atoms with van der Waals surface area (Å²) >= 11 is 1.96. The Hall–Kier alpha value is -1.34. The average molecular weight is 254 g/mol. The molecule has 0 aliphatic heterocycles. The molecule has 0 aliphatic rings. The number of thiophene rings is 1. The van der Waals surface area contributed by atoms with Crippen LogP contribution in [0.25, 0.3) is 20.2 Å². The zero-order valence-electron chi connectivity index (χ0n) is 11.2. The fourth-order valence-corrected chi connectivity index (χ4v) is 3.91.